The third kappa shape index (κ3) is 3.18. The Morgan fingerprint density at radius 3 is 3.12 bits per heavy atom. The molecule has 25 heavy (non-hydrogen) atoms. The molecular weight excluding hydrogens is 340 g/mol. The Morgan fingerprint density at radius 1 is 1.48 bits per heavy atom. The number of carbonyl (C=O) groups is 1. The molecule has 1 unspecified atom stereocenters. The summed E-state index contributed by atoms with van der Waals surface area (Å²) in [6, 6.07) is 2.01. The number of carbonyl (C=O) groups excluding carboxylic acids is 1. The van der Waals surface area contributed by atoms with E-state index in [1.54, 1.807) is 17.8 Å². The number of rotatable bonds is 4. The molecule has 4 heterocycles. The molecule has 1 N–H and O–H groups in total. The Labute approximate surface area is 148 Å². The fourth-order valence-corrected chi connectivity index (χ4v) is 3.88. The van der Waals surface area contributed by atoms with E-state index in [4.69, 9.17) is 10.00 Å². The lowest BCUT2D eigenvalue weighted by Gasteiger charge is -2.47. The SMILES string of the molecule is N#Cc1cncc(N2CC3(COC(CNC(=O)c4cnsc4)C3)C2)n1. The summed E-state index contributed by atoms with van der Waals surface area (Å²) in [6.07, 6.45) is 5.62. The second-order valence-corrected chi connectivity index (χ2v) is 7.15. The highest BCUT2D eigenvalue weighted by atomic mass is 32.1. The summed E-state index contributed by atoms with van der Waals surface area (Å²) in [5.41, 5.74) is 1.01. The van der Waals surface area contributed by atoms with Crippen molar-refractivity contribution in [3.05, 3.63) is 35.2 Å². The van der Waals surface area contributed by atoms with Crippen molar-refractivity contribution in [3.63, 3.8) is 0 Å². The van der Waals surface area contributed by atoms with Crippen LogP contribution in [0.15, 0.2) is 24.0 Å². The molecule has 128 valence electrons. The van der Waals surface area contributed by atoms with Gasteiger partial charge in [-0.2, -0.15) is 5.26 Å². The van der Waals surface area contributed by atoms with E-state index in [1.807, 2.05) is 6.07 Å². The zero-order valence-corrected chi connectivity index (χ0v) is 14.2. The molecule has 0 radical (unpaired) electrons. The largest absolute Gasteiger partial charge is 0.376 e. The van der Waals surface area contributed by atoms with Crippen LogP contribution in [-0.2, 0) is 4.74 Å². The summed E-state index contributed by atoms with van der Waals surface area (Å²) < 4.78 is 9.80. The van der Waals surface area contributed by atoms with E-state index in [-0.39, 0.29) is 17.4 Å². The summed E-state index contributed by atoms with van der Waals surface area (Å²) >= 11 is 1.26. The molecule has 2 aromatic heterocycles. The van der Waals surface area contributed by atoms with Crippen LogP contribution < -0.4 is 10.2 Å². The van der Waals surface area contributed by atoms with Gasteiger partial charge in [-0.25, -0.2) is 9.36 Å². The lowest BCUT2D eigenvalue weighted by atomic mass is 9.78. The van der Waals surface area contributed by atoms with Crippen LogP contribution in [0.4, 0.5) is 5.82 Å². The number of hydrogen-bond acceptors (Lipinski definition) is 8. The first-order valence-corrected chi connectivity index (χ1v) is 8.77. The number of hydrogen-bond donors (Lipinski definition) is 1. The van der Waals surface area contributed by atoms with E-state index in [0.29, 0.717) is 24.4 Å². The third-order valence-electron chi connectivity index (χ3n) is 4.58. The molecule has 2 saturated heterocycles. The van der Waals surface area contributed by atoms with Gasteiger partial charge < -0.3 is 15.0 Å². The van der Waals surface area contributed by atoms with Gasteiger partial charge in [0.05, 0.1) is 36.9 Å². The molecule has 0 aliphatic carbocycles. The van der Waals surface area contributed by atoms with Crippen molar-refractivity contribution >= 4 is 23.3 Å². The Hall–Kier alpha value is -2.57. The molecule has 1 spiro atoms. The van der Waals surface area contributed by atoms with Gasteiger partial charge in [0.1, 0.15) is 11.9 Å². The van der Waals surface area contributed by atoms with E-state index in [2.05, 4.69) is 24.6 Å². The minimum atomic E-state index is -0.114. The van der Waals surface area contributed by atoms with E-state index in [0.717, 1.165) is 25.3 Å². The van der Waals surface area contributed by atoms with E-state index in [9.17, 15) is 4.79 Å². The second-order valence-electron chi connectivity index (χ2n) is 6.49. The van der Waals surface area contributed by atoms with Crippen LogP contribution in [0.2, 0.25) is 0 Å². The molecule has 1 atom stereocenters. The molecule has 2 aliphatic heterocycles. The van der Waals surface area contributed by atoms with Crippen molar-refractivity contribution in [2.45, 2.75) is 12.5 Å². The van der Waals surface area contributed by atoms with Crippen molar-refractivity contribution in [3.8, 4) is 6.07 Å². The Kier molecular flexibility index (Phi) is 4.07. The second kappa shape index (κ2) is 6.38. The van der Waals surface area contributed by atoms with Crippen molar-refractivity contribution in [1.82, 2.24) is 19.7 Å². The Bertz CT molecular complexity index is 812. The van der Waals surface area contributed by atoms with Crippen LogP contribution in [0, 0.1) is 16.7 Å². The summed E-state index contributed by atoms with van der Waals surface area (Å²) in [5.74, 6) is 0.614. The van der Waals surface area contributed by atoms with Crippen LogP contribution in [0.25, 0.3) is 0 Å². The van der Waals surface area contributed by atoms with Gasteiger partial charge in [-0.05, 0) is 18.0 Å². The number of nitrogens with one attached hydrogen (secondary N) is 1. The van der Waals surface area contributed by atoms with Gasteiger partial charge in [0, 0.05) is 30.4 Å². The molecule has 0 saturated carbocycles. The number of anilines is 1. The van der Waals surface area contributed by atoms with Crippen LogP contribution in [0.5, 0.6) is 0 Å². The predicted molar refractivity (Wildman–Crippen MR) is 90.2 cm³/mol. The standard InChI is InChI=1S/C16H16N6O2S/c17-2-12-4-18-6-14(21-12)22-8-16(9-22)1-13(24-10-16)5-19-15(23)11-3-20-25-7-11/h3-4,6-7,13H,1,5,8-10H2,(H,19,23). The van der Waals surface area contributed by atoms with Crippen LogP contribution in [-0.4, -0.2) is 52.6 Å². The number of aromatic nitrogens is 3. The average Bonchev–Trinajstić information content (AvgIpc) is 3.28. The monoisotopic (exact) mass is 356 g/mol. The third-order valence-corrected chi connectivity index (χ3v) is 5.17. The highest BCUT2D eigenvalue weighted by molar-refractivity contribution is 7.03. The highest BCUT2D eigenvalue weighted by Gasteiger charge is 2.49. The van der Waals surface area contributed by atoms with Gasteiger partial charge in [0.15, 0.2) is 5.69 Å². The van der Waals surface area contributed by atoms with E-state index in [1.165, 1.54) is 17.7 Å². The molecular formula is C16H16N6O2S. The minimum Gasteiger partial charge on any atom is -0.376 e. The molecule has 0 aromatic carbocycles. The zero-order valence-electron chi connectivity index (χ0n) is 13.4. The molecule has 4 rings (SSSR count). The summed E-state index contributed by atoms with van der Waals surface area (Å²) in [4.78, 5) is 22.4. The maximum absolute atomic E-state index is 12.0. The van der Waals surface area contributed by atoms with Crippen molar-refractivity contribution in [1.29, 1.82) is 5.26 Å². The first-order chi connectivity index (χ1) is 12.2. The summed E-state index contributed by atoms with van der Waals surface area (Å²) in [7, 11) is 0. The molecule has 2 fully saturated rings. The van der Waals surface area contributed by atoms with Gasteiger partial charge >= 0.3 is 0 Å². The number of nitriles is 1. The summed E-state index contributed by atoms with van der Waals surface area (Å²) in [5, 5.41) is 13.5. The quantitative estimate of drug-likeness (QED) is 0.865. The number of amides is 1. The van der Waals surface area contributed by atoms with E-state index < -0.39 is 0 Å². The highest BCUT2D eigenvalue weighted by Crippen LogP contribution is 2.42. The molecule has 9 heteroatoms. The zero-order chi connectivity index (χ0) is 17.3. The van der Waals surface area contributed by atoms with Gasteiger partial charge in [-0.1, -0.05) is 0 Å². The maximum Gasteiger partial charge on any atom is 0.253 e. The topological polar surface area (TPSA) is 104 Å². The molecule has 0 bridgehead atoms. The normalized spacial score (nSPS) is 20.9. The lowest BCUT2D eigenvalue weighted by Crippen LogP contribution is -2.57. The van der Waals surface area contributed by atoms with Crippen LogP contribution in [0.3, 0.4) is 0 Å². The lowest BCUT2D eigenvalue weighted by molar-refractivity contribution is 0.0784. The van der Waals surface area contributed by atoms with Crippen LogP contribution >= 0.6 is 11.5 Å². The predicted octanol–water partition coefficient (Wildman–Crippen LogP) is 0.830. The Balaban J connectivity index is 1.29. The number of ether oxygens (including phenoxy) is 1. The van der Waals surface area contributed by atoms with Crippen LogP contribution in [0.1, 0.15) is 22.5 Å². The van der Waals surface area contributed by atoms with Crippen molar-refractivity contribution < 1.29 is 9.53 Å². The van der Waals surface area contributed by atoms with E-state index >= 15 is 0 Å². The van der Waals surface area contributed by atoms with Crippen molar-refractivity contribution in [2.24, 2.45) is 5.41 Å². The first-order valence-electron chi connectivity index (χ1n) is 7.94. The molecule has 2 aromatic rings. The Morgan fingerprint density at radius 2 is 2.36 bits per heavy atom. The fourth-order valence-electron chi connectivity index (χ4n) is 3.36. The summed E-state index contributed by atoms with van der Waals surface area (Å²) in [6.45, 7) is 2.83. The van der Waals surface area contributed by atoms with Gasteiger partial charge in [-0.15, -0.1) is 0 Å². The number of nitrogens with zero attached hydrogens (tertiary/aromatic N) is 5. The van der Waals surface area contributed by atoms with Gasteiger partial charge in [0.2, 0.25) is 0 Å². The molecule has 1 amide bonds. The van der Waals surface area contributed by atoms with Gasteiger partial charge in [0.25, 0.3) is 5.91 Å². The van der Waals surface area contributed by atoms with Gasteiger partial charge in [-0.3, -0.25) is 9.78 Å². The molecule has 8 nitrogen and oxygen atoms in total. The minimum absolute atomic E-state index is 0.0224. The average molecular weight is 356 g/mol. The molecule has 2 aliphatic rings. The van der Waals surface area contributed by atoms with Crippen molar-refractivity contribution in [2.75, 3.05) is 31.1 Å². The maximum atomic E-state index is 12.0. The first kappa shape index (κ1) is 15.9. The fraction of sp³-hybridized carbons (Fsp3) is 0.438. The smallest absolute Gasteiger partial charge is 0.253 e.